The summed E-state index contributed by atoms with van der Waals surface area (Å²) in [4.78, 5) is 38.2. The Labute approximate surface area is 474 Å². The van der Waals surface area contributed by atoms with Crippen molar-refractivity contribution in [2.45, 2.75) is 380 Å². The van der Waals surface area contributed by atoms with E-state index in [9.17, 15) is 14.4 Å². The number of hydrogen-bond donors (Lipinski definition) is 0. The van der Waals surface area contributed by atoms with Crippen molar-refractivity contribution >= 4 is 17.9 Å². The molecule has 0 rings (SSSR count). The van der Waals surface area contributed by atoms with Crippen molar-refractivity contribution < 1.29 is 28.6 Å². The first-order valence-corrected chi connectivity index (χ1v) is 34.0. The number of carbonyl (C=O) groups excluding carboxylic acids is 3. The Hall–Kier alpha value is -2.37. The highest BCUT2D eigenvalue weighted by Crippen LogP contribution is 2.18. The van der Waals surface area contributed by atoms with Crippen LogP contribution in [0, 0.1) is 0 Å². The maximum Gasteiger partial charge on any atom is 0.306 e. The zero-order chi connectivity index (χ0) is 55.0. The van der Waals surface area contributed by atoms with Crippen LogP contribution >= 0.6 is 0 Å². The smallest absolute Gasteiger partial charge is 0.306 e. The summed E-state index contributed by atoms with van der Waals surface area (Å²) in [6, 6.07) is 0. The number of esters is 3. The predicted molar refractivity (Wildman–Crippen MR) is 330 cm³/mol. The van der Waals surface area contributed by atoms with Gasteiger partial charge in [-0.15, -0.1) is 0 Å². The second kappa shape index (κ2) is 65.2. The Kier molecular flexibility index (Phi) is 63.1. The van der Waals surface area contributed by atoms with Gasteiger partial charge in [0.1, 0.15) is 13.2 Å². The SMILES string of the molecule is CCCCCCC/C=C\C/C=C\C/C=C\CCCCCCCCCCCCCCC(=O)OCC(COC(=O)CCCCCCCCCCC)OC(=O)CCCCCCCCCCCCCCCCCCCCCCCC. The molecule has 0 aliphatic heterocycles. The molecule has 0 aromatic heterocycles. The summed E-state index contributed by atoms with van der Waals surface area (Å²) in [7, 11) is 0. The van der Waals surface area contributed by atoms with Crippen molar-refractivity contribution in [3.8, 4) is 0 Å². The average molecular weight is 1070 g/mol. The lowest BCUT2D eigenvalue weighted by Crippen LogP contribution is -2.30. The molecule has 1 atom stereocenters. The van der Waals surface area contributed by atoms with E-state index >= 15 is 0 Å². The second-order valence-electron chi connectivity index (χ2n) is 23.1. The molecule has 0 aliphatic carbocycles. The average Bonchev–Trinajstić information content (AvgIpc) is 3.42. The first-order chi connectivity index (χ1) is 37.5. The van der Waals surface area contributed by atoms with Crippen LogP contribution in [0.3, 0.4) is 0 Å². The summed E-state index contributed by atoms with van der Waals surface area (Å²) in [5.74, 6) is -0.845. The van der Waals surface area contributed by atoms with E-state index in [-0.39, 0.29) is 31.1 Å². The fourth-order valence-electron chi connectivity index (χ4n) is 10.3. The van der Waals surface area contributed by atoms with Gasteiger partial charge in [-0.2, -0.15) is 0 Å². The van der Waals surface area contributed by atoms with Gasteiger partial charge in [0.15, 0.2) is 6.10 Å². The van der Waals surface area contributed by atoms with Gasteiger partial charge < -0.3 is 14.2 Å². The maximum absolute atomic E-state index is 12.9. The maximum atomic E-state index is 12.9. The van der Waals surface area contributed by atoms with Crippen LogP contribution in [0.2, 0.25) is 0 Å². The number of ether oxygens (including phenoxy) is 3. The summed E-state index contributed by atoms with van der Waals surface area (Å²) in [5.41, 5.74) is 0. The number of allylic oxidation sites excluding steroid dienone is 6. The largest absolute Gasteiger partial charge is 0.462 e. The number of carbonyl (C=O) groups is 3. The fourth-order valence-corrected chi connectivity index (χ4v) is 10.3. The number of unbranched alkanes of at least 4 members (excludes halogenated alkanes) is 46. The molecule has 76 heavy (non-hydrogen) atoms. The Morgan fingerprint density at radius 2 is 0.474 bits per heavy atom. The highest BCUT2D eigenvalue weighted by atomic mass is 16.6. The van der Waals surface area contributed by atoms with Crippen LogP contribution in [0.5, 0.6) is 0 Å². The molecule has 1 unspecified atom stereocenters. The van der Waals surface area contributed by atoms with Gasteiger partial charge in [-0.25, -0.2) is 0 Å². The number of hydrogen-bond acceptors (Lipinski definition) is 6. The zero-order valence-corrected chi connectivity index (χ0v) is 51.3. The summed E-state index contributed by atoms with van der Waals surface area (Å²) in [5, 5.41) is 0. The van der Waals surface area contributed by atoms with Crippen molar-refractivity contribution in [1.82, 2.24) is 0 Å². The topological polar surface area (TPSA) is 78.9 Å². The molecule has 446 valence electrons. The van der Waals surface area contributed by atoms with Crippen LogP contribution in [0.4, 0.5) is 0 Å². The molecule has 0 saturated heterocycles. The minimum atomic E-state index is -0.768. The van der Waals surface area contributed by atoms with Crippen LogP contribution in [0.1, 0.15) is 374 Å². The summed E-state index contributed by atoms with van der Waals surface area (Å²) >= 11 is 0. The van der Waals surface area contributed by atoms with Crippen LogP contribution in [-0.2, 0) is 28.6 Å². The first kappa shape index (κ1) is 73.6. The van der Waals surface area contributed by atoms with E-state index in [0.29, 0.717) is 19.3 Å². The Balaban J connectivity index is 4.14. The van der Waals surface area contributed by atoms with E-state index in [4.69, 9.17) is 14.2 Å². The third-order valence-electron chi connectivity index (χ3n) is 15.4. The van der Waals surface area contributed by atoms with Crippen molar-refractivity contribution in [2.75, 3.05) is 13.2 Å². The van der Waals surface area contributed by atoms with Gasteiger partial charge in [0.2, 0.25) is 0 Å². The monoisotopic (exact) mass is 1070 g/mol. The highest BCUT2D eigenvalue weighted by molar-refractivity contribution is 5.71. The Morgan fingerprint density at radius 3 is 0.737 bits per heavy atom. The third-order valence-corrected chi connectivity index (χ3v) is 15.4. The van der Waals surface area contributed by atoms with E-state index < -0.39 is 6.10 Å². The van der Waals surface area contributed by atoms with E-state index in [0.717, 1.165) is 70.6 Å². The molecule has 0 aromatic carbocycles. The fraction of sp³-hybridized carbons (Fsp3) is 0.871. The second-order valence-corrected chi connectivity index (χ2v) is 23.1. The van der Waals surface area contributed by atoms with Gasteiger partial charge in [0.05, 0.1) is 0 Å². The van der Waals surface area contributed by atoms with E-state index in [2.05, 4.69) is 57.2 Å². The lowest BCUT2D eigenvalue weighted by molar-refractivity contribution is -0.167. The van der Waals surface area contributed by atoms with Crippen LogP contribution < -0.4 is 0 Å². The molecule has 0 N–H and O–H groups in total. The zero-order valence-electron chi connectivity index (χ0n) is 51.3. The van der Waals surface area contributed by atoms with Crippen LogP contribution in [0.25, 0.3) is 0 Å². The van der Waals surface area contributed by atoms with Crippen LogP contribution in [0.15, 0.2) is 36.5 Å². The molecule has 0 fully saturated rings. The quantitative estimate of drug-likeness (QED) is 0.0261. The van der Waals surface area contributed by atoms with Gasteiger partial charge in [-0.1, -0.05) is 333 Å². The Bertz CT molecular complexity index is 1270. The van der Waals surface area contributed by atoms with Gasteiger partial charge >= 0.3 is 17.9 Å². The summed E-state index contributed by atoms with van der Waals surface area (Å²) in [6.07, 6.45) is 80.3. The number of rotatable bonds is 63. The standard InChI is InChI=1S/C70H130O6/c1-4-7-10-13-16-19-21-23-25-27-29-31-33-34-35-36-37-39-40-42-44-46-48-51-54-57-60-63-69(72)75-66-67(65-74-68(71)62-59-56-53-50-18-15-12-9-6-3)76-70(73)64-61-58-55-52-49-47-45-43-41-38-32-30-28-26-24-22-20-17-14-11-8-5-2/h21,23,27,29,33-34,67H,4-20,22,24-26,28,30-32,35-66H2,1-3H3/b23-21-,29-27-,34-33-. The molecule has 0 amide bonds. The van der Waals surface area contributed by atoms with E-state index in [1.165, 1.54) is 263 Å². The van der Waals surface area contributed by atoms with Gasteiger partial charge in [-0.05, 0) is 57.8 Å². The van der Waals surface area contributed by atoms with Crippen LogP contribution in [-0.4, -0.2) is 37.2 Å². The van der Waals surface area contributed by atoms with Crippen molar-refractivity contribution in [3.05, 3.63) is 36.5 Å². The normalized spacial score (nSPS) is 12.2. The van der Waals surface area contributed by atoms with Crippen molar-refractivity contribution in [3.63, 3.8) is 0 Å². The highest BCUT2D eigenvalue weighted by Gasteiger charge is 2.19. The molecule has 6 nitrogen and oxygen atoms in total. The van der Waals surface area contributed by atoms with Gasteiger partial charge in [0.25, 0.3) is 0 Å². The molecule has 0 aromatic rings. The van der Waals surface area contributed by atoms with Crippen molar-refractivity contribution in [1.29, 1.82) is 0 Å². The van der Waals surface area contributed by atoms with E-state index in [1.807, 2.05) is 0 Å². The lowest BCUT2D eigenvalue weighted by Gasteiger charge is -2.18. The molecule has 0 radical (unpaired) electrons. The summed E-state index contributed by atoms with van der Waals surface area (Å²) < 4.78 is 16.9. The van der Waals surface area contributed by atoms with Crippen molar-refractivity contribution in [2.24, 2.45) is 0 Å². The molecule has 6 heteroatoms. The summed E-state index contributed by atoms with van der Waals surface area (Å²) in [6.45, 7) is 6.67. The predicted octanol–water partition coefficient (Wildman–Crippen LogP) is 23.2. The Morgan fingerprint density at radius 1 is 0.263 bits per heavy atom. The molecule has 0 spiro atoms. The molecule has 0 heterocycles. The first-order valence-electron chi connectivity index (χ1n) is 34.0. The lowest BCUT2D eigenvalue weighted by atomic mass is 10.0. The molecule has 0 bridgehead atoms. The van der Waals surface area contributed by atoms with Gasteiger partial charge in [0, 0.05) is 19.3 Å². The van der Waals surface area contributed by atoms with E-state index in [1.54, 1.807) is 0 Å². The molecular formula is C70H130O6. The molecule has 0 saturated carbocycles. The minimum absolute atomic E-state index is 0.0669. The molecular weight excluding hydrogens is 937 g/mol. The molecule has 0 aliphatic rings. The third kappa shape index (κ3) is 62.5. The minimum Gasteiger partial charge on any atom is -0.462 e. The van der Waals surface area contributed by atoms with Gasteiger partial charge in [-0.3, -0.25) is 14.4 Å².